The maximum atomic E-state index is 13.9. The fourth-order valence-electron chi connectivity index (χ4n) is 2.91. The molecular weight excluding hydrogens is 361 g/mol. The first-order valence-corrected chi connectivity index (χ1v) is 8.92. The van der Waals surface area contributed by atoms with Gasteiger partial charge in [0.25, 0.3) is 0 Å². The molecule has 0 aliphatic carbocycles. The molecule has 0 bridgehead atoms. The van der Waals surface area contributed by atoms with Gasteiger partial charge in [0.2, 0.25) is 17.7 Å². The Balaban J connectivity index is 2.15. The standard InChI is InChI=1S/C21H24FN3O3/c1-13-6-5-7-15(10-13)11-18(20(23)27)25-21(28)19(24-14(2)26)12-16-8-3-4-9-17(16)22/h3-10,18-19H,11-12H2,1-2H3,(H2,23,27)(H,24,26)(H,25,28)/t18-,19+/m1/s1. The summed E-state index contributed by atoms with van der Waals surface area (Å²) in [6, 6.07) is 11.5. The van der Waals surface area contributed by atoms with Crippen molar-refractivity contribution in [1.82, 2.24) is 10.6 Å². The van der Waals surface area contributed by atoms with Crippen molar-refractivity contribution >= 4 is 17.7 Å². The fourth-order valence-corrected chi connectivity index (χ4v) is 2.91. The summed E-state index contributed by atoms with van der Waals surface area (Å²) in [4.78, 5) is 36.1. The number of nitrogens with two attached hydrogens (primary N) is 1. The lowest BCUT2D eigenvalue weighted by atomic mass is 10.0. The van der Waals surface area contributed by atoms with E-state index < -0.39 is 35.6 Å². The molecule has 2 rings (SSSR count). The number of aryl methyl sites for hydroxylation is 1. The molecule has 0 radical (unpaired) electrons. The van der Waals surface area contributed by atoms with E-state index in [1.807, 2.05) is 31.2 Å². The molecule has 0 aliphatic heterocycles. The van der Waals surface area contributed by atoms with Crippen molar-refractivity contribution in [2.24, 2.45) is 5.73 Å². The molecule has 28 heavy (non-hydrogen) atoms. The van der Waals surface area contributed by atoms with E-state index >= 15 is 0 Å². The van der Waals surface area contributed by atoms with Crippen LogP contribution in [0.25, 0.3) is 0 Å². The van der Waals surface area contributed by atoms with Crippen molar-refractivity contribution in [3.63, 3.8) is 0 Å². The molecule has 2 aromatic carbocycles. The van der Waals surface area contributed by atoms with Crippen LogP contribution in [0.5, 0.6) is 0 Å². The van der Waals surface area contributed by atoms with E-state index in [0.29, 0.717) is 0 Å². The Labute approximate surface area is 163 Å². The molecule has 0 spiro atoms. The van der Waals surface area contributed by atoms with Crippen LogP contribution in [0.1, 0.15) is 23.6 Å². The van der Waals surface area contributed by atoms with E-state index in [9.17, 15) is 18.8 Å². The highest BCUT2D eigenvalue weighted by Gasteiger charge is 2.26. The molecule has 0 unspecified atom stereocenters. The topological polar surface area (TPSA) is 101 Å². The zero-order valence-corrected chi connectivity index (χ0v) is 15.9. The number of hydrogen-bond acceptors (Lipinski definition) is 3. The van der Waals surface area contributed by atoms with Gasteiger partial charge >= 0.3 is 0 Å². The Morgan fingerprint density at radius 2 is 1.71 bits per heavy atom. The van der Waals surface area contributed by atoms with Crippen LogP contribution in [0.2, 0.25) is 0 Å². The van der Waals surface area contributed by atoms with Gasteiger partial charge in [0.15, 0.2) is 0 Å². The summed E-state index contributed by atoms with van der Waals surface area (Å²) in [5, 5.41) is 5.08. The van der Waals surface area contributed by atoms with Gasteiger partial charge in [0, 0.05) is 19.8 Å². The molecule has 148 valence electrons. The molecule has 6 nitrogen and oxygen atoms in total. The lowest BCUT2D eigenvalue weighted by Crippen LogP contribution is -2.54. The maximum absolute atomic E-state index is 13.9. The first kappa shape index (κ1) is 21.1. The number of halogens is 1. The van der Waals surface area contributed by atoms with E-state index in [1.54, 1.807) is 6.07 Å². The van der Waals surface area contributed by atoms with Crippen LogP contribution in [0.4, 0.5) is 4.39 Å². The number of primary amides is 1. The van der Waals surface area contributed by atoms with Crippen LogP contribution < -0.4 is 16.4 Å². The number of carbonyl (C=O) groups excluding carboxylic acids is 3. The molecule has 2 aromatic rings. The van der Waals surface area contributed by atoms with Crippen LogP contribution in [0.15, 0.2) is 48.5 Å². The minimum Gasteiger partial charge on any atom is -0.368 e. The number of nitrogens with one attached hydrogen (secondary N) is 2. The average Bonchev–Trinajstić information content (AvgIpc) is 2.62. The van der Waals surface area contributed by atoms with Crippen LogP contribution in [-0.4, -0.2) is 29.8 Å². The normalized spacial score (nSPS) is 12.7. The number of hydrogen-bond donors (Lipinski definition) is 3. The Hall–Kier alpha value is -3.22. The van der Waals surface area contributed by atoms with Crippen molar-refractivity contribution in [3.05, 3.63) is 71.0 Å². The van der Waals surface area contributed by atoms with Gasteiger partial charge in [0.1, 0.15) is 17.9 Å². The lowest BCUT2D eigenvalue weighted by Gasteiger charge is -2.22. The minimum absolute atomic E-state index is 0.0476. The van der Waals surface area contributed by atoms with Crippen LogP contribution >= 0.6 is 0 Å². The number of benzene rings is 2. The van der Waals surface area contributed by atoms with Crippen LogP contribution in [0.3, 0.4) is 0 Å². The molecule has 0 aliphatic rings. The molecule has 0 fully saturated rings. The third kappa shape index (κ3) is 6.19. The van der Waals surface area contributed by atoms with Crippen molar-refractivity contribution in [2.75, 3.05) is 0 Å². The van der Waals surface area contributed by atoms with E-state index in [1.165, 1.54) is 25.1 Å². The van der Waals surface area contributed by atoms with Gasteiger partial charge in [-0.2, -0.15) is 0 Å². The molecular formula is C21H24FN3O3. The third-order valence-corrected chi connectivity index (χ3v) is 4.26. The molecule has 0 saturated carbocycles. The molecule has 7 heteroatoms. The summed E-state index contributed by atoms with van der Waals surface area (Å²) in [5.41, 5.74) is 7.59. The molecule has 4 N–H and O–H groups in total. The van der Waals surface area contributed by atoms with E-state index in [2.05, 4.69) is 10.6 Å². The lowest BCUT2D eigenvalue weighted by molar-refractivity contribution is -0.130. The van der Waals surface area contributed by atoms with Crippen molar-refractivity contribution in [2.45, 2.75) is 38.8 Å². The van der Waals surface area contributed by atoms with Gasteiger partial charge in [-0.25, -0.2) is 4.39 Å². The van der Waals surface area contributed by atoms with Gasteiger partial charge in [-0.15, -0.1) is 0 Å². The highest BCUT2D eigenvalue weighted by molar-refractivity contribution is 5.91. The van der Waals surface area contributed by atoms with Gasteiger partial charge in [-0.05, 0) is 24.1 Å². The van der Waals surface area contributed by atoms with Crippen LogP contribution in [0, 0.1) is 12.7 Å². The summed E-state index contributed by atoms with van der Waals surface area (Å²) in [5.74, 6) is -2.21. The van der Waals surface area contributed by atoms with E-state index in [-0.39, 0.29) is 18.4 Å². The predicted octanol–water partition coefficient (Wildman–Crippen LogP) is 1.39. The average molecular weight is 385 g/mol. The molecule has 2 atom stereocenters. The molecule has 3 amide bonds. The summed E-state index contributed by atoms with van der Waals surface area (Å²) in [6.45, 7) is 3.18. The van der Waals surface area contributed by atoms with E-state index in [4.69, 9.17) is 5.73 Å². The third-order valence-electron chi connectivity index (χ3n) is 4.26. The molecule has 0 saturated heterocycles. The second-order valence-electron chi connectivity index (χ2n) is 6.71. The van der Waals surface area contributed by atoms with Gasteiger partial charge in [0.05, 0.1) is 0 Å². The smallest absolute Gasteiger partial charge is 0.243 e. The Kier molecular flexibility index (Phi) is 7.26. The van der Waals surface area contributed by atoms with Gasteiger partial charge < -0.3 is 16.4 Å². The maximum Gasteiger partial charge on any atom is 0.243 e. The highest BCUT2D eigenvalue weighted by atomic mass is 19.1. The monoisotopic (exact) mass is 385 g/mol. The number of rotatable bonds is 8. The second kappa shape index (κ2) is 9.64. The first-order valence-electron chi connectivity index (χ1n) is 8.92. The first-order chi connectivity index (χ1) is 13.3. The zero-order valence-electron chi connectivity index (χ0n) is 15.9. The number of amides is 3. The van der Waals surface area contributed by atoms with Crippen LogP contribution in [-0.2, 0) is 27.2 Å². The summed E-state index contributed by atoms with van der Waals surface area (Å²) in [6.07, 6.45) is 0.170. The highest BCUT2D eigenvalue weighted by Crippen LogP contribution is 2.11. The quantitative estimate of drug-likeness (QED) is 0.640. The van der Waals surface area contributed by atoms with Gasteiger partial charge in [-0.1, -0.05) is 48.0 Å². The van der Waals surface area contributed by atoms with Crippen molar-refractivity contribution < 1.29 is 18.8 Å². The predicted molar refractivity (Wildman–Crippen MR) is 104 cm³/mol. The van der Waals surface area contributed by atoms with Gasteiger partial charge in [-0.3, -0.25) is 14.4 Å². The SMILES string of the molecule is CC(=O)N[C@@H](Cc1ccccc1F)C(=O)N[C@H](Cc1cccc(C)c1)C(N)=O. The number of carbonyl (C=O) groups is 3. The minimum atomic E-state index is -1.03. The Bertz CT molecular complexity index is 869. The van der Waals surface area contributed by atoms with Crippen molar-refractivity contribution in [1.29, 1.82) is 0 Å². The Morgan fingerprint density at radius 1 is 1.00 bits per heavy atom. The largest absolute Gasteiger partial charge is 0.368 e. The second-order valence-corrected chi connectivity index (χ2v) is 6.71. The molecule has 0 aromatic heterocycles. The molecule has 0 heterocycles. The summed E-state index contributed by atoms with van der Waals surface area (Å²) < 4.78 is 13.9. The van der Waals surface area contributed by atoms with Crippen molar-refractivity contribution in [3.8, 4) is 0 Å². The fraction of sp³-hybridized carbons (Fsp3) is 0.286. The zero-order chi connectivity index (χ0) is 20.7. The summed E-state index contributed by atoms with van der Waals surface area (Å²) >= 11 is 0. The Morgan fingerprint density at radius 3 is 2.32 bits per heavy atom. The summed E-state index contributed by atoms with van der Waals surface area (Å²) in [7, 11) is 0. The van der Waals surface area contributed by atoms with E-state index in [0.717, 1.165) is 11.1 Å².